The van der Waals surface area contributed by atoms with E-state index in [0.717, 1.165) is 21.2 Å². The van der Waals surface area contributed by atoms with E-state index in [2.05, 4.69) is 0 Å². The van der Waals surface area contributed by atoms with Gasteiger partial charge in [-0.25, -0.2) is 13.8 Å². The van der Waals surface area contributed by atoms with Crippen molar-refractivity contribution in [1.29, 1.82) is 0 Å². The monoisotopic (exact) mass is 490 g/mol. The summed E-state index contributed by atoms with van der Waals surface area (Å²) in [6, 6.07) is 13.1. The van der Waals surface area contributed by atoms with Gasteiger partial charge in [-0.1, -0.05) is 24.3 Å². The minimum Gasteiger partial charge on any atom is -0.497 e. The molecule has 1 saturated heterocycles. The zero-order chi connectivity index (χ0) is 24.8. The zero-order valence-electron chi connectivity index (χ0n) is 19.4. The molecule has 1 aliphatic heterocycles. The summed E-state index contributed by atoms with van der Waals surface area (Å²) in [7, 11) is 1.59. The molecule has 2 N–H and O–H groups in total. The lowest BCUT2D eigenvalue weighted by Crippen LogP contribution is -2.51. The Morgan fingerprint density at radius 1 is 1.03 bits per heavy atom. The SMILES string of the molecule is COc1ccc(-c2ccc(N(C(C(=O)O)C3CCN(C(=O)OC(C)C)CC3)S(=O)O)cc2)cc1. The molecule has 0 bridgehead atoms. The molecule has 0 radical (unpaired) electrons. The molecule has 2 aromatic carbocycles. The number of benzene rings is 2. The summed E-state index contributed by atoms with van der Waals surface area (Å²) >= 11 is -2.56. The summed E-state index contributed by atoms with van der Waals surface area (Å²) in [6.07, 6.45) is 0.0751. The number of amides is 1. The standard InChI is InChI=1S/C24H30N2O7S/c1-16(2)33-24(29)25-14-12-19(13-15-25)22(23(27)28)26(34(30)31)20-8-4-17(5-9-20)18-6-10-21(32-3)11-7-18/h4-11,16,19,22H,12-15H2,1-3H3,(H,27,28)(H,30,31). The molecule has 34 heavy (non-hydrogen) atoms. The van der Waals surface area contributed by atoms with Gasteiger partial charge in [0.25, 0.3) is 11.3 Å². The van der Waals surface area contributed by atoms with E-state index in [1.807, 2.05) is 24.3 Å². The highest BCUT2D eigenvalue weighted by molar-refractivity contribution is 7.80. The normalized spacial score (nSPS) is 16.1. The van der Waals surface area contributed by atoms with Crippen LogP contribution in [0.25, 0.3) is 11.1 Å². The molecule has 0 spiro atoms. The van der Waals surface area contributed by atoms with Gasteiger partial charge in [-0.05, 0) is 68.0 Å². The Bertz CT molecular complexity index is 1000. The molecule has 0 aromatic heterocycles. The second-order valence-electron chi connectivity index (χ2n) is 8.37. The molecule has 2 atom stereocenters. The molecule has 10 heteroatoms. The summed E-state index contributed by atoms with van der Waals surface area (Å²) in [5.41, 5.74) is 2.13. The van der Waals surface area contributed by atoms with Crippen molar-refractivity contribution in [3.63, 3.8) is 0 Å². The van der Waals surface area contributed by atoms with E-state index in [-0.39, 0.29) is 6.10 Å². The van der Waals surface area contributed by atoms with E-state index in [4.69, 9.17) is 9.47 Å². The van der Waals surface area contributed by atoms with Crippen molar-refractivity contribution in [3.8, 4) is 16.9 Å². The average molecular weight is 491 g/mol. The molecule has 2 aromatic rings. The zero-order valence-corrected chi connectivity index (χ0v) is 20.2. The Morgan fingerprint density at radius 3 is 2.00 bits per heavy atom. The second kappa shape index (κ2) is 11.3. The molecule has 1 amide bonds. The Balaban J connectivity index is 1.78. The highest BCUT2D eigenvalue weighted by Crippen LogP contribution is 2.31. The van der Waals surface area contributed by atoms with E-state index in [9.17, 15) is 23.5 Å². The predicted molar refractivity (Wildman–Crippen MR) is 129 cm³/mol. The maximum absolute atomic E-state index is 12.3. The molecular formula is C24H30N2O7S. The summed E-state index contributed by atoms with van der Waals surface area (Å²) in [5.74, 6) is -0.877. The molecule has 1 fully saturated rings. The third-order valence-electron chi connectivity index (χ3n) is 5.80. The lowest BCUT2D eigenvalue weighted by Gasteiger charge is -2.38. The van der Waals surface area contributed by atoms with Crippen LogP contribution in [0.3, 0.4) is 0 Å². The molecule has 9 nitrogen and oxygen atoms in total. The molecular weight excluding hydrogens is 460 g/mol. The lowest BCUT2D eigenvalue weighted by atomic mass is 9.89. The van der Waals surface area contributed by atoms with Gasteiger partial charge in [-0.3, -0.25) is 8.86 Å². The number of likely N-dealkylation sites (tertiary alicyclic amines) is 1. The topological polar surface area (TPSA) is 117 Å². The van der Waals surface area contributed by atoms with Crippen molar-refractivity contribution in [2.24, 2.45) is 5.92 Å². The number of nitrogens with zero attached hydrogens (tertiary/aromatic N) is 2. The van der Waals surface area contributed by atoms with Crippen LogP contribution in [-0.4, -0.2) is 63.2 Å². The van der Waals surface area contributed by atoms with Crippen LogP contribution in [-0.2, 0) is 20.8 Å². The third kappa shape index (κ3) is 6.06. The van der Waals surface area contributed by atoms with Crippen molar-refractivity contribution >= 4 is 29.0 Å². The molecule has 3 rings (SSSR count). The first-order valence-electron chi connectivity index (χ1n) is 11.0. The number of hydrogen-bond donors (Lipinski definition) is 2. The van der Waals surface area contributed by atoms with E-state index in [1.165, 1.54) is 0 Å². The van der Waals surface area contributed by atoms with E-state index >= 15 is 0 Å². The van der Waals surface area contributed by atoms with Gasteiger partial charge in [0.05, 0.1) is 18.9 Å². The van der Waals surface area contributed by atoms with Crippen LogP contribution in [0.4, 0.5) is 10.5 Å². The number of methoxy groups -OCH3 is 1. The number of carboxylic acids is 1. The first kappa shape index (κ1) is 25.5. The minimum atomic E-state index is -2.56. The van der Waals surface area contributed by atoms with Gasteiger partial charge < -0.3 is 19.5 Å². The Labute approximate surface area is 201 Å². The smallest absolute Gasteiger partial charge is 0.410 e. The minimum absolute atomic E-state index is 0.245. The molecule has 0 aliphatic carbocycles. The van der Waals surface area contributed by atoms with Crippen LogP contribution in [0.5, 0.6) is 5.75 Å². The first-order chi connectivity index (χ1) is 16.2. The van der Waals surface area contributed by atoms with Crippen LogP contribution in [0.2, 0.25) is 0 Å². The predicted octanol–water partition coefficient (Wildman–Crippen LogP) is 4.02. The average Bonchev–Trinajstić information content (AvgIpc) is 2.82. The van der Waals surface area contributed by atoms with Gasteiger partial charge in [0, 0.05) is 13.1 Å². The fourth-order valence-corrected chi connectivity index (χ4v) is 4.86. The van der Waals surface area contributed by atoms with Crippen molar-refractivity contribution in [3.05, 3.63) is 48.5 Å². The first-order valence-corrected chi connectivity index (χ1v) is 12.1. The fourth-order valence-electron chi connectivity index (χ4n) is 4.10. The van der Waals surface area contributed by atoms with Gasteiger partial charge in [0.1, 0.15) is 11.8 Å². The maximum Gasteiger partial charge on any atom is 0.410 e. The van der Waals surface area contributed by atoms with Crippen molar-refractivity contribution in [2.45, 2.75) is 38.8 Å². The van der Waals surface area contributed by atoms with Crippen LogP contribution in [0.15, 0.2) is 48.5 Å². The van der Waals surface area contributed by atoms with E-state index in [1.54, 1.807) is 50.1 Å². The van der Waals surface area contributed by atoms with E-state index in [0.29, 0.717) is 31.6 Å². The Kier molecular flexibility index (Phi) is 8.51. The molecule has 1 aliphatic rings. The van der Waals surface area contributed by atoms with Gasteiger partial charge in [-0.15, -0.1) is 0 Å². The summed E-state index contributed by atoms with van der Waals surface area (Å²) < 4.78 is 33.7. The number of aliphatic carboxylic acids is 1. The molecule has 2 unspecified atom stereocenters. The highest BCUT2D eigenvalue weighted by Gasteiger charge is 2.39. The van der Waals surface area contributed by atoms with Gasteiger partial charge in [0.15, 0.2) is 0 Å². The van der Waals surface area contributed by atoms with Gasteiger partial charge >= 0.3 is 12.1 Å². The summed E-state index contributed by atoms with van der Waals surface area (Å²) in [5, 5.41) is 9.98. The number of piperidine rings is 1. The van der Waals surface area contributed by atoms with Crippen LogP contribution >= 0.6 is 0 Å². The number of carbonyl (C=O) groups is 2. The van der Waals surface area contributed by atoms with Gasteiger partial charge in [0.2, 0.25) is 0 Å². The number of carboxylic acid groups (broad SMARTS) is 1. The Morgan fingerprint density at radius 2 is 1.56 bits per heavy atom. The maximum atomic E-state index is 12.3. The highest BCUT2D eigenvalue weighted by atomic mass is 32.2. The Hall–Kier alpha value is -3.11. The van der Waals surface area contributed by atoms with Gasteiger partial charge in [-0.2, -0.15) is 0 Å². The van der Waals surface area contributed by atoms with Crippen LogP contribution < -0.4 is 9.04 Å². The fraction of sp³-hybridized carbons (Fsp3) is 0.417. The largest absolute Gasteiger partial charge is 0.497 e. The van der Waals surface area contributed by atoms with Crippen molar-refractivity contribution < 1.29 is 32.9 Å². The third-order valence-corrected chi connectivity index (χ3v) is 6.57. The number of anilines is 1. The number of hydrogen-bond acceptors (Lipinski definition) is 5. The van der Waals surface area contributed by atoms with Crippen molar-refractivity contribution in [1.82, 2.24) is 4.90 Å². The molecule has 184 valence electrons. The quantitative estimate of drug-likeness (QED) is 0.537. The molecule has 0 saturated carbocycles. The summed E-state index contributed by atoms with van der Waals surface area (Å²) in [6.45, 7) is 4.17. The van der Waals surface area contributed by atoms with Crippen LogP contribution in [0, 0.1) is 5.92 Å². The second-order valence-corrected chi connectivity index (χ2v) is 9.23. The number of ether oxygens (including phenoxy) is 2. The number of carbonyl (C=O) groups excluding carboxylic acids is 1. The van der Waals surface area contributed by atoms with E-state index < -0.39 is 35.3 Å². The summed E-state index contributed by atoms with van der Waals surface area (Å²) in [4.78, 5) is 25.9. The number of rotatable bonds is 8. The van der Waals surface area contributed by atoms with Crippen molar-refractivity contribution in [2.75, 3.05) is 24.5 Å². The lowest BCUT2D eigenvalue weighted by molar-refractivity contribution is -0.140. The molecule has 1 heterocycles. The van der Waals surface area contributed by atoms with Crippen LogP contribution in [0.1, 0.15) is 26.7 Å².